The predicted octanol–water partition coefficient (Wildman–Crippen LogP) is 2.03. The zero-order valence-electron chi connectivity index (χ0n) is 23.8. The van der Waals surface area contributed by atoms with Crippen LogP contribution in [-0.2, 0) is 38.1 Å². The van der Waals surface area contributed by atoms with E-state index in [4.69, 9.17) is 18.9 Å². The Hall–Kier alpha value is -3.02. The number of hydrogen-bond acceptors (Lipinski definition) is 11. The van der Waals surface area contributed by atoms with E-state index in [-0.39, 0.29) is 29.7 Å². The van der Waals surface area contributed by atoms with Crippen molar-refractivity contribution in [3.63, 3.8) is 0 Å². The van der Waals surface area contributed by atoms with Crippen LogP contribution in [0.1, 0.15) is 68.2 Å². The van der Waals surface area contributed by atoms with Gasteiger partial charge in [0.25, 0.3) is 0 Å². The van der Waals surface area contributed by atoms with Crippen molar-refractivity contribution in [1.82, 2.24) is 0 Å². The molecule has 3 N–H and O–H groups in total. The first kappa shape index (κ1) is 32.2. The van der Waals surface area contributed by atoms with Crippen LogP contribution in [0.5, 0.6) is 0 Å². The second kappa shape index (κ2) is 12.9. The highest BCUT2D eigenvalue weighted by Gasteiger charge is 2.50. The second-order valence-electron chi connectivity index (χ2n) is 10.6. The highest BCUT2D eigenvalue weighted by atomic mass is 16.6. The van der Waals surface area contributed by atoms with Crippen LogP contribution in [0, 0.1) is 11.3 Å². The Morgan fingerprint density at radius 3 is 1.87 bits per heavy atom. The molecule has 0 amide bonds. The van der Waals surface area contributed by atoms with Crippen molar-refractivity contribution in [2.75, 3.05) is 6.61 Å². The summed E-state index contributed by atoms with van der Waals surface area (Å²) in [6.45, 7) is 11.0. The SMILES string of the molecule is CC(=O)O/C1=C(/C)[C@@H](O)C[C@H](OC(C)=O)C(CO)=C[C@H](O)[C@@H]2C[C@H](OC(C)=O)C(C)=C([C@H]1OC(C)=O)C2(C)C. The molecule has 2 bridgehead atoms. The van der Waals surface area contributed by atoms with E-state index in [0.29, 0.717) is 11.1 Å². The van der Waals surface area contributed by atoms with Gasteiger partial charge in [0.2, 0.25) is 0 Å². The molecule has 6 atom stereocenters. The molecule has 0 aromatic carbocycles. The van der Waals surface area contributed by atoms with Crippen molar-refractivity contribution in [2.24, 2.45) is 11.3 Å². The first-order valence-electron chi connectivity index (χ1n) is 12.8. The van der Waals surface area contributed by atoms with E-state index in [1.807, 2.05) is 0 Å². The van der Waals surface area contributed by atoms with E-state index < -0.39 is 72.3 Å². The molecule has 218 valence electrons. The van der Waals surface area contributed by atoms with Crippen molar-refractivity contribution in [1.29, 1.82) is 0 Å². The average Bonchev–Trinajstić information content (AvgIpc) is 2.79. The Morgan fingerprint density at radius 2 is 1.38 bits per heavy atom. The molecule has 0 spiro atoms. The zero-order valence-corrected chi connectivity index (χ0v) is 23.8. The highest BCUT2D eigenvalue weighted by molar-refractivity contribution is 5.70. The number of hydrogen-bond donors (Lipinski definition) is 3. The molecule has 2 rings (SSSR count). The molecule has 11 nitrogen and oxygen atoms in total. The summed E-state index contributed by atoms with van der Waals surface area (Å²) in [7, 11) is 0. The van der Waals surface area contributed by atoms with E-state index in [2.05, 4.69) is 0 Å². The molecule has 0 unspecified atom stereocenters. The van der Waals surface area contributed by atoms with Gasteiger partial charge in [-0.3, -0.25) is 19.2 Å². The van der Waals surface area contributed by atoms with Crippen LogP contribution in [0.3, 0.4) is 0 Å². The minimum atomic E-state index is -1.39. The van der Waals surface area contributed by atoms with Crippen LogP contribution in [0.25, 0.3) is 0 Å². The number of rotatable bonds is 5. The van der Waals surface area contributed by atoms with Gasteiger partial charge in [-0.05, 0) is 48.0 Å². The lowest BCUT2D eigenvalue weighted by atomic mass is 9.60. The fourth-order valence-electron chi connectivity index (χ4n) is 5.55. The lowest BCUT2D eigenvalue weighted by molar-refractivity contribution is -0.152. The van der Waals surface area contributed by atoms with Gasteiger partial charge >= 0.3 is 23.9 Å². The summed E-state index contributed by atoms with van der Waals surface area (Å²) in [5, 5.41) is 32.8. The maximum Gasteiger partial charge on any atom is 0.307 e. The Morgan fingerprint density at radius 1 is 0.846 bits per heavy atom. The minimum absolute atomic E-state index is 0.120. The largest absolute Gasteiger partial charge is 0.458 e. The molecular weight excluding hydrogens is 512 g/mol. The molecular formula is C28H40O11. The Balaban J connectivity index is 3.01. The van der Waals surface area contributed by atoms with Gasteiger partial charge in [0, 0.05) is 40.0 Å². The van der Waals surface area contributed by atoms with E-state index >= 15 is 0 Å². The van der Waals surface area contributed by atoms with Crippen LogP contribution in [0.15, 0.2) is 34.1 Å². The first-order valence-corrected chi connectivity index (χ1v) is 12.8. The second-order valence-corrected chi connectivity index (χ2v) is 10.6. The van der Waals surface area contributed by atoms with Crippen LogP contribution < -0.4 is 0 Å². The van der Waals surface area contributed by atoms with Gasteiger partial charge in [0.15, 0.2) is 11.9 Å². The number of aliphatic hydroxyl groups excluding tert-OH is 3. The Labute approximate surface area is 228 Å². The molecule has 11 heteroatoms. The molecule has 0 radical (unpaired) electrons. The van der Waals surface area contributed by atoms with Crippen LogP contribution >= 0.6 is 0 Å². The smallest absolute Gasteiger partial charge is 0.307 e. The van der Waals surface area contributed by atoms with Crippen LogP contribution in [-0.4, -0.2) is 76.3 Å². The van der Waals surface area contributed by atoms with Crippen molar-refractivity contribution >= 4 is 23.9 Å². The van der Waals surface area contributed by atoms with Gasteiger partial charge in [-0.25, -0.2) is 0 Å². The summed E-state index contributed by atoms with van der Waals surface area (Å²) in [4.78, 5) is 48.5. The van der Waals surface area contributed by atoms with Gasteiger partial charge in [-0.1, -0.05) is 19.9 Å². The molecule has 0 aromatic heterocycles. The lowest BCUT2D eigenvalue weighted by Crippen LogP contribution is -2.48. The molecule has 2 aliphatic carbocycles. The maximum atomic E-state index is 12.4. The van der Waals surface area contributed by atoms with Crippen molar-refractivity contribution in [3.05, 3.63) is 34.1 Å². The topological polar surface area (TPSA) is 166 Å². The van der Waals surface area contributed by atoms with E-state index in [9.17, 15) is 34.5 Å². The Bertz CT molecular complexity index is 1080. The minimum Gasteiger partial charge on any atom is -0.458 e. The molecule has 0 aliphatic heterocycles. The molecule has 39 heavy (non-hydrogen) atoms. The number of fused-ring (bicyclic) bond motifs is 2. The predicted molar refractivity (Wildman–Crippen MR) is 138 cm³/mol. The van der Waals surface area contributed by atoms with E-state index in [1.165, 1.54) is 33.8 Å². The van der Waals surface area contributed by atoms with Gasteiger partial charge in [-0.2, -0.15) is 0 Å². The summed E-state index contributed by atoms with van der Waals surface area (Å²) < 4.78 is 22.3. The lowest BCUT2D eigenvalue weighted by Gasteiger charge is -2.48. The number of aliphatic hydroxyl groups is 3. The summed E-state index contributed by atoms with van der Waals surface area (Å²) in [5.74, 6) is -3.51. The van der Waals surface area contributed by atoms with Gasteiger partial charge < -0.3 is 34.3 Å². The van der Waals surface area contributed by atoms with Gasteiger partial charge in [-0.15, -0.1) is 0 Å². The average molecular weight is 553 g/mol. The van der Waals surface area contributed by atoms with E-state index in [0.717, 1.165) is 6.92 Å². The molecule has 0 aromatic rings. The molecule has 0 heterocycles. The summed E-state index contributed by atoms with van der Waals surface area (Å²) >= 11 is 0. The zero-order chi connectivity index (χ0) is 29.8. The molecule has 2 aliphatic rings. The third kappa shape index (κ3) is 7.55. The number of carbonyl (C=O) groups is 4. The monoisotopic (exact) mass is 552 g/mol. The fourth-order valence-corrected chi connectivity index (χ4v) is 5.55. The number of ether oxygens (including phenoxy) is 4. The fraction of sp³-hybridized carbons (Fsp3) is 0.643. The Kier molecular flexibility index (Phi) is 10.6. The quantitative estimate of drug-likeness (QED) is 0.259. The standard InChI is InChI=1S/C28H40O11/c1-13-21(34)11-24(37-16(4)31)19(12-29)9-22(35)20-10-23(36-15(3)30)14(2)25(28(20,7)8)27(39-18(6)33)26(13)38-17(5)32/h9,20-24,27,29,34-35H,10-12H2,1-8H3/b19-9?,26-13-/t20-,21-,22-,23-,24-,27+/m0/s1. The summed E-state index contributed by atoms with van der Waals surface area (Å²) in [6, 6.07) is 0. The summed E-state index contributed by atoms with van der Waals surface area (Å²) in [5.41, 5.74) is 0.276. The maximum absolute atomic E-state index is 12.4. The third-order valence-corrected chi connectivity index (χ3v) is 7.37. The van der Waals surface area contributed by atoms with E-state index in [1.54, 1.807) is 20.8 Å². The molecule has 0 saturated carbocycles. The normalized spacial score (nSPS) is 31.2. The first-order chi connectivity index (χ1) is 18.0. The summed E-state index contributed by atoms with van der Waals surface area (Å²) in [6.07, 6.45) is -4.61. The van der Waals surface area contributed by atoms with Gasteiger partial charge in [0.05, 0.1) is 18.8 Å². The van der Waals surface area contributed by atoms with Crippen molar-refractivity contribution in [2.45, 2.75) is 98.8 Å². The van der Waals surface area contributed by atoms with Crippen molar-refractivity contribution in [3.8, 4) is 0 Å². The number of esters is 4. The molecule has 0 saturated heterocycles. The van der Waals surface area contributed by atoms with Crippen LogP contribution in [0.4, 0.5) is 0 Å². The number of carbonyl (C=O) groups excluding carboxylic acids is 4. The third-order valence-electron chi connectivity index (χ3n) is 7.37. The van der Waals surface area contributed by atoms with Crippen molar-refractivity contribution < 1.29 is 53.4 Å². The van der Waals surface area contributed by atoms with Crippen LogP contribution in [0.2, 0.25) is 0 Å². The van der Waals surface area contributed by atoms with Gasteiger partial charge in [0.1, 0.15) is 12.2 Å². The highest BCUT2D eigenvalue weighted by Crippen LogP contribution is 2.51. The molecule has 0 fully saturated rings.